The molecule has 0 aromatic heterocycles. The highest BCUT2D eigenvalue weighted by atomic mass is 79.9. The molecular weight excluding hydrogens is 345 g/mol. The van der Waals surface area contributed by atoms with Gasteiger partial charge in [-0.2, -0.15) is 0 Å². The molecule has 0 saturated heterocycles. The minimum Gasteiger partial charge on any atom is -0.385 e. The molecule has 0 spiro atoms. The Labute approximate surface area is 130 Å². The number of halogens is 1. The number of nitrogens with one attached hydrogen (secondary N) is 1. The number of hydrogen-bond acceptors (Lipinski definition) is 4. The Morgan fingerprint density at radius 2 is 2.05 bits per heavy atom. The van der Waals surface area contributed by atoms with E-state index in [0.29, 0.717) is 12.2 Å². The molecule has 0 aliphatic heterocycles. The van der Waals surface area contributed by atoms with Crippen LogP contribution < -0.4 is 10.2 Å². The summed E-state index contributed by atoms with van der Waals surface area (Å²) in [7, 11) is -3.66. The predicted molar refractivity (Wildman–Crippen MR) is 86.9 cm³/mol. The van der Waals surface area contributed by atoms with Gasteiger partial charge in [-0.1, -0.05) is 30.5 Å². The van der Waals surface area contributed by atoms with Crippen LogP contribution in [0.15, 0.2) is 24.3 Å². The van der Waals surface area contributed by atoms with E-state index in [0.717, 1.165) is 25.1 Å². The number of benzene rings is 1. The molecule has 20 heavy (non-hydrogen) atoms. The first-order valence-corrected chi connectivity index (χ1v) is 8.35. The Balaban J connectivity index is 0.00000361. The Hall–Kier alpha value is -0.550. The summed E-state index contributed by atoms with van der Waals surface area (Å²) in [4.78, 5) is 14.5. The maximum Gasteiger partial charge on any atom is 0.366 e. The first-order chi connectivity index (χ1) is 9.07. The molecule has 0 fully saturated rings. The molecule has 0 aliphatic rings. The third kappa shape index (κ3) is 7.90. The van der Waals surface area contributed by atoms with Crippen LogP contribution in [0.5, 0.6) is 5.75 Å². The highest BCUT2D eigenvalue weighted by molar-refractivity contribution is 8.93. The van der Waals surface area contributed by atoms with Crippen molar-refractivity contribution >= 4 is 30.3 Å². The van der Waals surface area contributed by atoms with Crippen LogP contribution in [0, 0.1) is 0 Å². The van der Waals surface area contributed by atoms with Gasteiger partial charge >= 0.3 is 7.60 Å². The smallest absolute Gasteiger partial charge is 0.366 e. The van der Waals surface area contributed by atoms with Gasteiger partial charge < -0.3 is 15.1 Å². The van der Waals surface area contributed by atoms with Gasteiger partial charge in [0.05, 0.1) is 6.16 Å². The third-order valence-electron chi connectivity index (χ3n) is 2.51. The van der Waals surface area contributed by atoms with Gasteiger partial charge in [0.15, 0.2) is 5.75 Å². The van der Waals surface area contributed by atoms with Crippen LogP contribution in [0.4, 0.5) is 5.69 Å². The molecule has 116 valence electrons. The Bertz CT molecular complexity index is 431. The van der Waals surface area contributed by atoms with Crippen LogP contribution in [-0.4, -0.2) is 17.6 Å². The fourth-order valence-electron chi connectivity index (χ4n) is 1.56. The lowest BCUT2D eigenvalue weighted by atomic mass is 10.3. The summed E-state index contributed by atoms with van der Waals surface area (Å²) in [6.07, 6.45) is 2.67. The molecule has 1 aromatic rings. The zero-order valence-corrected chi connectivity index (χ0v) is 14.5. The third-order valence-corrected chi connectivity index (χ3v) is 3.70. The van der Waals surface area contributed by atoms with E-state index in [-0.39, 0.29) is 23.1 Å². The second kappa shape index (κ2) is 10.2. The summed E-state index contributed by atoms with van der Waals surface area (Å²) < 4.78 is 16.3. The molecular formula is C13H23BrNO4P. The maximum absolute atomic E-state index is 11.7. The lowest BCUT2D eigenvalue weighted by molar-refractivity contribution is -0.109. The van der Waals surface area contributed by atoms with Crippen LogP contribution >= 0.6 is 24.6 Å². The summed E-state index contributed by atoms with van der Waals surface area (Å²) in [6, 6.07) is 7.06. The van der Waals surface area contributed by atoms with Gasteiger partial charge in [-0.05, 0) is 25.5 Å². The Morgan fingerprint density at radius 3 is 2.70 bits per heavy atom. The molecule has 0 amide bonds. The van der Waals surface area contributed by atoms with Gasteiger partial charge in [0.2, 0.25) is 0 Å². The van der Waals surface area contributed by atoms with Crippen molar-refractivity contribution in [3.05, 3.63) is 24.3 Å². The fourth-order valence-corrected chi connectivity index (χ4v) is 2.46. The number of unbranched alkanes of at least 4 members (excludes halogenated alkanes) is 2. The highest BCUT2D eigenvalue weighted by Crippen LogP contribution is 2.43. The first kappa shape index (κ1) is 19.4. The van der Waals surface area contributed by atoms with Crippen molar-refractivity contribution in [3.8, 4) is 5.75 Å². The largest absolute Gasteiger partial charge is 0.385 e. The SMILES string of the molecule is Br.CCCCCP(=O)(O)OOc1cccc(NCC)c1. The van der Waals surface area contributed by atoms with Gasteiger partial charge in [-0.15, -0.1) is 17.0 Å². The topological polar surface area (TPSA) is 67.8 Å². The van der Waals surface area contributed by atoms with Crippen molar-refractivity contribution in [2.75, 3.05) is 18.0 Å². The van der Waals surface area contributed by atoms with Crippen molar-refractivity contribution < 1.29 is 19.0 Å². The summed E-state index contributed by atoms with van der Waals surface area (Å²) >= 11 is 0. The zero-order valence-electron chi connectivity index (χ0n) is 11.9. The number of anilines is 1. The van der Waals surface area contributed by atoms with E-state index < -0.39 is 7.60 Å². The molecule has 5 nitrogen and oxygen atoms in total. The molecule has 1 unspecified atom stereocenters. The summed E-state index contributed by atoms with van der Waals surface area (Å²) in [5, 5.41) is 3.12. The molecule has 0 aliphatic carbocycles. The van der Waals surface area contributed by atoms with Crippen LogP contribution in [0.2, 0.25) is 0 Å². The van der Waals surface area contributed by atoms with E-state index in [1.54, 1.807) is 18.2 Å². The van der Waals surface area contributed by atoms with E-state index >= 15 is 0 Å². The second-order valence-electron chi connectivity index (χ2n) is 4.28. The lowest BCUT2D eigenvalue weighted by Crippen LogP contribution is -2.00. The molecule has 1 atom stereocenters. The van der Waals surface area contributed by atoms with Gasteiger partial charge in [-0.3, -0.25) is 4.57 Å². The molecule has 0 heterocycles. The van der Waals surface area contributed by atoms with E-state index in [2.05, 4.69) is 9.99 Å². The van der Waals surface area contributed by atoms with E-state index in [4.69, 9.17) is 4.89 Å². The lowest BCUT2D eigenvalue weighted by Gasteiger charge is -2.11. The standard InChI is InChI=1S/C13H22NO4P.BrH/c1-3-5-6-10-19(15,16)18-17-13-9-7-8-12(11-13)14-4-2;/h7-9,11,14H,3-6,10H2,1-2H3,(H,15,16);1H. The normalized spacial score (nSPS) is 13.2. The first-order valence-electron chi connectivity index (χ1n) is 6.59. The minimum absolute atomic E-state index is 0. The number of hydrogen-bond donors (Lipinski definition) is 2. The zero-order chi connectivity index (χ0) is 14.1. The molecule has 0 saturated carbocycles. The van der Waals surface area contributed by atoms with E-state index in [9.17, 15) is 9.46 Å². The van der Waals surface area contributed by atoms with Crippen LogP contribution in [0.25, 0.3) is 0 Å². The average molecular weight is 368 g/mol. The van der Waals surface area contributed by atoms with Crippen molar-refractivity contribution in [1.82, 2.24) is 0 Å². The quantitative estimate of drug-likeness (QED) is 0.293. The molecule has 0 bridgehead atoms. The summed E-state index contributed by atoms with van der Waals surface area (Å²) in [5.41, 5.74) is 0.877. The van der Waals surface area contributed by atoms with Crippen LogP contribution in [-0.2, 0) is 9.24 Å². The fraction of sp³-hybridized carbons (Fsp3) is 0.538. The molecule has 1 aromatic carbocycles. The number of rotatable bonds is 9. The summed E-state index contributed by atoms with van der Waals surface area (Å²) in [6.45, 7) is 4.81. The molecule has 1 rings (SSSR count). The maximum atomic E-state index is 11.7. The van der Waals surface area contributed by atoms with Crippen molar-refractivity contribution in [1.29, 1.82) is 0 Å². The monoisotopic (exact) mass is 367 g/mol. The van der Waals surface area contributed by atoms with Gasteiger partial charge in [0.1, 0.15) is 0 Å². The van der Waals surface area contributed by atoms with Crippen molar-refractivity contribution in [2.24, 2.45) is 0 Å². The van der Waals surface area contributed by atoms with Gasteiger partial charge in [0, 0.05) is 18.3 Å². The van der Waals surface area contributed by atoms with E-state index in [1.165, 1.54) is 0 Å². The predicted octanol–water partition coefficient (Wildman–Crippen LogP) is 4.38. The van der Waals surface area contributed by atoms with Crippen molar-refractivity contribution in [2.45, 2.75) is 33.1 Å². The minimum atomic E-state index is -3.66. The Kier molecular flexibility index (Phi) is 9.94. The van der Waals surface area contributed by atoms with Crippen LogP contribution in [0.1, 0.15) is 33.1 Å². The second-order valence-corrected chi connectivity index (χ2v) is 6.16. The molecule has 0 radical (unpaired) electrons. The average Bonchev–Trinajstić information content (AvgIpc) is 2.38. The van der Waals surface area contributed by atoms with Gasteiger partial charge in [0.25, 0.3) is 0 Å². The van der Waals surface area contributed by atoms with Crippen molar-refractivity contribution in [3.63, 3.8) is 0 Å². The molecule has 7 heteroatoms. The molecule has 2 N–H and O–H groups in total. The highest BCUT2D eigenvalue weighted by Gasteiger charge is 2.21. The summed E-state index contributed by atoms with van der Waals surface area (Å²) in [5.74, 6) is 0.406. The Morgan fingerprint density at radius 1 is 1.30 bits per heavy atom. The van der Waals surface area contributed by atoms with Crippen LogP contribution in [0.3, 0.4) is 0 Å². The van der Waals surface area contributed by atoms with Gasteiger partial charge in [-0.25, -0.2) is 0 Å². The van der Waals surface area contributed by atoms with E-state index in [1.807, 2.05) is 19.9 Å².